The number of carbonyl (C=O) groups is 1. The van der Waals surface area contributed by atoms with Gasteiger partial charge in [0.2, 0.25) is 0 Å². The molecule has 0 saturated heterocycles. The van der Waals surface area contributed by atoms with E-state index in [1.54, 1.807) is 0 Å². The molecule has 0 radical (unpaired) electrons. The van der Waals surface area contributed by atoms with Crippen molar-refractivity contribution < 1.29 is 27.8 Å². The Balaban J connectivity index is 2.71. The summed E-state index contributed by atoms with van der Waals surface area (Å²) >= 11 is 0. The van der Waals surface area contributed by atoms with Crippen molar-refractivity contribution in [1.82, 2.24) is 0 Å². The maximum absolute atomic E-state index is 11.9. The smallest absolute Gasteiger partial charge is 0.480 e. The quantitative estimate of drug-likeness (QED) is 0.887. The molecule has 17 heavy (non-hydrogen) atoms. The maximum atomic E-state index is 11.9. The van der Waals surface area contributed by atoms with E-state index in [-0.39, 0.29) is 12.3 Å². The van der Waals surface area contributed by atoms with E-state index < -0.39 is 12.3 Å². The molecule has 1 aromatic carbocycles. The second kappa shape index (κ2) is 4.94. The number of nitrogens with zero attached hydrogens (tertiary/aromatic N) is 1. The molecular formula is C10H10F3NO3. The van der Waals surface area contributed by atoms with E-state index in [4.69, 9.17) is 5.11 Å². The first-order valence-corrected chi connectivity index (χ1v) is 4.56. The van der Waals surface area contributed by atoms with Crippen molar-refractivity contribution in [3.8, 4) is 5.75 Å². The van der Waals surface area contributed by atoms with Crippen molar-refractivity contribution in [3.63, 3.8) is 0 Å². The molecule has 0 heterocycles. The largest absolute Gasteiger partial charge is 0.573 e. The SMILES string of the molecule is CN(CC(=O)O)c1ccc(OC(F)(F)F)cc1. The van der Waals surface area contributed by atoms with Crippen molar-refractivity contribution in [2.24, 2.45) is 0 Å². The predicted octanol–water partition coefficient (Wildman–Crippen LogP) is 2.11. The summed E-state index contributed by atoms with van der Waals surface area (Å²) in [5, 5.41) is 8.54. The van der Waals surface area contributed by atoms with Crippen molar-refractivity contribution in [3.05, 3.63) is 24.3 Å². The third-order valence-corrected chi connectivity index (χ3v) is 1.88. The lowest BCUT2D eigenvalue weighted by Gasteiger charge is -2.17. The van der Waals surface area contributed by atoms with E-state index in [1.165, 1.54) is 24.1 Å². The topological polar surface area (TPSA) is 49.8 Å². The number of hydrogen-bond acceptors (Lipinski definition) is 3. The third kappa shape index (κ3) is 4.62. The van der Waals surface area contributed by atoms with Gasteiger partial charge in [-0.1, -0.05) is 0 Å². The molecule has 0 aliphatic heterocycles. The molecule has 0 atom stereocenters. The van der Waals surface area contributed by atoms with Crippen LogP contribution in [0.25, 0.3) is 0 Å². The summed E-state index contributed by atoms with van der Waals surface area (Å²) in [5.41, 5.74) is 0.488. The Morgan fingerprint density at radius 2 is 1.88 bits per heavy atom. The highest BCUT2D eigenvalue weighted by Crippen LogP contribution is 2.24. The lowest BCUT2D eigenvalue weighted by atomic mass is 10.3. The minimum atomic E-state index is -4.73. The summed E-state index contributed by atoms with van der Waals surface area (Å²) in [4.78, 5) is 11.8. The van der Waals surface area contributed by atoms with Gasteiger partial charge in [0.1, 0.15) is 12.3 Å². The fourth-order valence-electron chi connectivity index (χ4n) is 1.20. The van der Waals surface area contributed by atoms with Gasteiger partial charge in [-0.15, -0.1) is 13.2 Å². The minimum Gasteiger partial charge on any atom is -0.480 e. The number of rotatable bonds is 4. The van der Waals surface area contributed by atoms with Crippen LogP contribution in [-0.4, -0.2) is 31.0 Å². The average Bonchev–Trinajstić information content (AvgIpc) is 2.15. The van der Waals surface area contributed by atoms with Gasteiger partial charge in [-0.05, 0) is 24.3 Å². The molecule has 0 amide bonds. The normalized spacial score (nSPS) is 11.1. The highest BCUT2D eigenvalue weighted by Gasteiger charge is 2.30. The van der Waals surface area contributed by atoms with E-state index >= 15 is 0 Å². The van der Waals surface area contributed by atoms with Crippen LogP contribution in [0.15, 0.2) is 24.3 Å². The molecule has 1 N–H and O–H groups in total. The number of carboxylic acid groups (broad SMARTS) is 1. The lowest BCUT2D eigenvalue weighted by molar-refractivity contribution is -0.274. The zero-order chi connectivity index (χ0) is 13.1. The van der Waals surface area contributed by atoms with Crippen molar-refractivity contribution in [1.29, 1.82) is 0 Å². The molecule has 1 aromatic rings. The minimum absolute atomic E-state index is 0.237. The number of halogens is 3. The van der Waals surface area contributed by atoms with Crippen LogP contribution in [0.2, 0.25) is 0 Å². The number of anilines is 1. The van der Waals surface area contributed by atoms with E-state index in [2.05, 4.69) is 4.74 Å². The Kier molecular flexibility index (Phi) is 3.82. The van der Waals surface area contributed by atoms with Gasteiger partial charge in [-0.2, -0.15) is 0 Å². The van der Waals surface area contributed by atoms with E-state index in [1.807, 2.05) is 0 Å². The second-order valence-corrected chi connectivity index (χ2v) is 3.29. The van der Waals surface area contributed by atoms with Crippen LogP contribution in [0.1, 0.15) is 0 Å². The van der Waals surface area contributed by atoms with Crippen molar-refractivity contribution in [2.75, 3.05) is 18.5 Å². The lowest BCUT2D eigenvalue weighted by Crippen LogP contribution is -2.25. The Labute approximate surface area is 95.2 Å². The molecule has 0 saturated carbocycles. The van der Waals surface area contributed by atoms with Gasteiger partial charge in [0.25, 0.3) is 0 Å². The zero-order valence-corrected chi connectivity index (χ0v) is 8.86. The molecule has 4 nitrogen and oxygen atoms in total. The maximum Gasteiger partial charge on any atom is 0.573 e. The molecule has 1 rings (SSSR count). The van der Waals surface area contributed by atoms with Gasteiger partial charge in [0, 0.05) is 12.7 Å². The number of benzene rings is 1. The van der Waals surface area contributed by atoms with E-state index in [9.17, 15) is 18.0 Å². The molecule has 0 aliphatic rings. The fourth-order valence-corrected chi connectivity index (χ4v) is 1.20. The molecule has 0 aliphatic carbocycles. The first-order chi connectivity index (χ1) is 7.78. The summed E-state index contributed by atoms with van der Waals surface area (Å²) in [6.45, 7) is -0.237. The molecule has 0 spiro atoms. The molecular weight excluding hydrogens is 239 g/mol. The number of likely N-dealkylation sites (N-methyl/N-ethyl adjacent to an activating group) is 1. The van der Waals surface area contributed by atoms with Gasteiger partial charge >= 0.3 is 12.3 Å². The zero-order valence-electron chi connectivity index (χ0n) is 8.86. The standard InChI is InChI=1S/C10H10F3NO3/c1-14(6-9(15)16)7-2-4-8(5-3-7)17-10(11,12)13/h2-5H,6H2,1H3,(H,15,16). The first-order valence-electron chi connectivity index (χ1n) is 4.56. The summed E-state index contributed by atoms with van der Waals surface area (Å²) in [7, 11) is 1.52. The third-order valence-electron chi connectivity index (χ3n) is 1.88. The van der Waals surface area contributed by atoms with Gasteiger partial charge in [-0.3, -0.25) is 4.79 Å². The Bertz CT molecular complexity index is 389. The van der Waals surface area contributed by atoms with Crippen LogP contribution in [0.3, 0.4) is 0 Å². The Morgan fingerprint density at radius 1 is 1.35 bits per heavy atom. The van der Waals surface area contributed by atoms with E-state index in [0.29, 0.717) is 5.69 Å². The number of carboxylic acids is 1. The molecule has 0 aromatic heterocycles. The van der Waals surface area contributed by atoms with Crippen LogP contribution >= 0.6 is 0 Å². The van der Waals surface area contributed by atoms with Gasteiger partial charge in [0.05, 0.1) is 0 Å². The van der Waals surface area contributed by atoms with Crippen LogP contribution in [0.4, 0.5) is 18.9 Å². The number of alkyl halides is 3. The molecule has 0 unspecified atom stereocenters. The summed E-state index contributed by atoms with van der Waals surface area (Å²) in [6, 6.07) is 4.95. The monoisotopic (exact) mass is 249 g/mol. The molecule has 0 fully saturated rings. The number of ether oxygens (including phenoxy) is 1. The average molecular weight is 249 g/mol. The van der Waals surface area contributed by atoms with Crippen LogP contribution in [-0.2, 0) is 4.79 Å². The number of aliphatic carboxylic acids is 1. The molecule has 7 heteroatoms. The van der Waals surface area contributed by atoms with Gasteiger partial charge < -0.3 is 14.7 Å². The van der Waals surface area contributed by atoms with E-state index in [0.717, 1.165) is 12.1 Å². The molecule has 0 bridgehead atoms. The van der Waals surface area contributed by atoms with Crippen LogP contribution in [0, 0.1) is 0 Å². The summed E-state index contributed by atoms with van der Waals surface area (Å²) in [6.07, 6.45) is -4.73. The Morgan fingerprint density at radius 3 is 2.29 bits per heavy atom. The summed E-state index contributed by atoms with van der Waals surface area (Å²) < 4.78 is 39.3. The predicted molar refractivity (Wildman–Crippen MR) is 54.0 cm³/mol. The van der Waals surface area contributed by atoms with Crippen molar-refractivity contribution in [2.45, 2.75) is 6.36 Å². The molecule has 94 valence electrons. The fraction of sp³-hybridized carbons (Fsp3) is 0.300. The highest BCUT2D eigenvalue weighted by molar-refractivity contribution is 5.73. The number of hydrogen-bond donors (Lipinski definition) is 1. The summed E-state index contributed by atoms with van der Waals surface area (Å²) in [5.74, 6) is -1.37. The van der Waals surface area contributed by atoms with Crippen LogP contribution in [0.5, 0.6) is 5.75 Å². The van der Waals surface area contributed by atoms with Crippen LogP contribution < -0.4 is 9.64 Å². The highest BCUT2D eigenvalue weighted by atomic mass is 19.4. The van der Waals surface area contributed by atoms with Crippen molar-refractivity contribution >= 4 is 11.7 Å². The first kappa shape index (κ1) is 13.1. The van der Waals surface area contributed by atoms with Gasteiger partial charge in [0.15, 0.2) is 0 Å². The second-order valence-electron chi connectivity index (χ2n) is 3.29. The van der Waals surface area contributed by atoms with Gasteiger partial charge in [-0.25, -0.2) is 0 Å². The Hall–Kier alpha value is -1.92.